The van der Waals surface area contributed by atoms with Crippen molar-refractivity contribution in [2.24, 2.45) is 10.8 Å². The Balaban J connectivity index is 2.60. The van der Waals surface area contributed by atoms with Crippen LogP contribution < -0.4 is 11.3 Å². The Hall–Kier alpha value is -0.770. The zero-order valence-corrected chi connectivity index (χ0v) is 7.88. The molecule has 1 atom stereocenters. The lowest BCUT2D eigenvalue weighted by Crippen LogP contribution is -2.46. The van der Waals surface area contributed by atoms with Crippen molar-refractivity contribution in [1.29, 1.82) is 0 Å². The molecule has 0 aromatic carbocycles. The van der Waals surface area contributed by atoms with E-state index in [1.54, 1.807) is 7.05 Å². The SMILES string of the molecule is CCC1CCCN1C(=NC)NN. The third-order valence-corrected chi connectivity index (χ3v) is 2.46. The molecular weight excluding hydrogens is 152 g/mol. The van der Waals surface area contributed by atoms with E-state index >= 15 is 0 Å². The van der Waals surface area contributed by atoms with Crippen LogP contribution in [0.1, 0.15) is 26.2 Å². The Morgan fingerprint density at radius 3 is 3.00 bits per heavy atom. The van der Waals surface area contributed by atoms with Gasteiger partial charge in [-0.15, -0.1) is 0 Å². The zero-order chi connectivity index (χ0) is 8.97. The summed E-state index contributed by atoms with van der Waals surface area (Å²) in [7, 11) is 1.76. The predicted molar refractivity (Wildman–Crippen MR) is 50.7 cm³/mol. The number of hydrogen-bond acceptors (Lipinski definition) is 2. The van der Waals surface area contributed by atoms with Crippen molar-refractivity contribution < 1.29 is 0 Å². The Morgan fingerprint density at radius 2 is 2.50 bits per heavy atom. The fraction of sp³-hybridized carbons (Fsp3) is 0.875. The first-order valence-corrected chi connectivity index (χ1v) is 4.53. The summed E-state index contributed by atoms with van der Waals surface area (Å²) in [6.07, 6.45) is 3.68. The molecule has 0 aromatic rings. The van der Waals surface area contributed by atoms with E-state index in [0.29, 0.717) is 6.04 Å². The third kappa shape index (κ3) is 1.69. The third-order valence-electron chi connectivity index (χ3n) is 2.46. The molecule has 70 valence electrons. The maximum atomic E-state index is 5.36. The molecule has 1 fully saturated rings. The first-order chi connectivity index (χ1) is 5.83. The fourth-order valence-electron chi connectivity index (χ4n) is 1.81. The minimum atomic E-state index is 0.625. The van der Waals surface area contributed by atoms with Crippen LogP contribution in [0.3, 0.4) is 0 Å². The number of nitrogens with one attached hydrogen (secondary N) is 1. The van der Waals surface area contributed by atoms with Gasteiger partial charge in [-0.05, 0) is 19.3 Å². The van der Waals surface area contributed by atoms with Crippen LogP contribution in [0.2, 0.25) is 0 Å². The molecule has 1 saturated heterocycles. The minimum absolute atomic E-state index is 0.625. The van der Waals surface area contributed by atoms with Gasteiger partial charge in [-0.2, -0.15) is 0 Å². The van der Waals surface area contributed by atoms with Crippen molar-refractivity contribution in [1.82, 2.24) is 10.3 Å². The highest BCUT2D eigenvalue weighted by Crippen LogP contribution is 2.19. The number of nitrogens with zero attached hydrogens (tertiary/aromatic N) is 2. The first kappa shape index (κ1) is 9.32. The topological polar surface area (TPSA) is 53.6 Å². The minimum Gasteiger partial charge on any atom is -0.339 e. The Bertz CT molecular complexity index is 166. The number of rotatable bonds is 1. The fourth-order valence-corrected chi connectivity index (χ4v) is 1.81. The maximum absolute atomic E-state index is 5.36. The summed E-state index contributed by atoms with van der Waals surface area (Å²) in [5, 5.41) is 0. The highest BCUT2D eigenvalue weighted by atomic mass is 15.4. The van der Waals surface area contributed by atoms with E-state index in [2.05, 4.69) is 22.2 Å². The number of likely N-dealkylation sites (tertiary alicyclic amines) is 1. The number of nitrogens with two attached hydrogens (primary N) is 1. The second-order valence-electron chi connectivity index (χ2n) is 3.09. The number of guanidine groups is 1. The number of hydrazine groups is 1. The molecule has 0 aromatic heterocycles. The van der Waals surface area contributed by atoms with Crippen LogP contribution >= 0.6 is 0 Å². The largest absolute Gasteiger partial charge is 0.339 e. The molecule has 12 heavy (non-hydrogen) atoms. The Labute approximate surface area is 73.8 Å². The molecule has 4 heteroatoms. The van der Waals surface area contributed by atoms with Crippen molar-refractivity contribution >= 4 is 5.96 Å². The van der Waals surface area contributed by atoms with Gasteiger partial charge in [0.15, 0.2) is 0 Å². The summed E-state index contributed by atoms with van der Waals surface area (Å²) in [5.74, 6) is 6.18. The van der Waals surface area contributed by atoms with Crippen molar-refractivity contribution in [2.75, 3.05) is 13.6 Å². The van der Waals surface area contributed by atoms with Crippen LogP contribution in [0.5, 0.6) is 0 Å². The van der Waals surface area contributed by atoms with Crippen molar-refractivity contribution in [3.05, 3.63) is 0 Å². The molecule has 0 aliphatic carbocycles. The maximum Gasteiger partial charge on any atom is 0.208 e. The van der Waals surface area contributed by atoms with Gasteiger partial charge in [0.1, 0.15) is 0 Å². The van der Waals surface area contributed by atoms with Gasteiger partial charge in [-0.3, -0.25) is 10.4 Å². The van der Waals surface area contributed by atoms with E-state index < -0.39 is 0 Å². The first-order valence-electron chi connectivity index (χ1n) is 4.53. The van der Waals surface area contributed by atoms with E-state index in [9.17, 15) is 0 Å². The molecule has 3 N–H and O–H groups in total. The molecule has 4 nitrogen and oxygen atoms in total. The molecule has 0 bridgehead atoms. The van der Waals surface area contributed by atoms with E-state index in [4.69, 9.17) is 5.84 Å². The second kappa shape index (κ2) is 4.30. The quantitative estimate of drug-likeness (QED) is 0.258. The normalized spacial score (nSPS) is 24.8. The van der Waals surface area contributed by atoms with Crippen LogP contribution in [0.15, 0.2) is 4.99 Å². The summed E-state index contributed by atoms with van der Waals surface area (Å²) in [4.78, 5) is 6.34. The molecule has 1 rings (SSSR count). The smallest absolute Gasteiger partial charge is 0.208 e. The molecule has 1 unspecified atom stereocenters. The lowest BCUT2D eigenvalue weighted by molar-refractivity contribution is 0.367. The zero-order valence-electron chi connectivity index (χ0n) is 7.88. The molecule has 0 spiro atoms. The van der Waals surface area contributed by atoms with Gasteiger partial charge in [0.25, 0.3) is 0 Å². The average molecular weight is 170 g/mol. The monoisotopic (exact) mass is 170 g/mol. The number of aliphatic imine (C=N–C) groups is 1. The second-order valence-corrected chi connectivity index (χ2v) is 3.09. The molecule has 1 heterocycles. The van der Waals surface area contributed by atoms with Crippen LogP contribution in [-0.2, 0) is 0 Å². The highest BCUT2D eigenvalue weighted by molar-refractivity contribution is 5.79. The van der Waals surface area contributed by atoms with Crippen molar-refractivity contribution in [3.8, 4) is 0 Å². The molecule has 0 radical (unpaired) electrons. The van der Waals surface area contributed by atoms with Gasteiger partial charge in [0, 0.05) is 19.6 Å². The Kier molecular flexibility index (Phi) is 3.34. The highest BCUT2D eigenvalue weighted by Gasteiger charge is 2.24. The van der Waals surface area contributed by atoms with Gasteiger partial charge in [-0.1, -0.05) is 6.92 Å². The molecule has 1 aliphatic heterocycles. The van der Waals surface area contributed by atoms with Crippen LogP contribution in [-0.4, -0.2) is 30.5 Å². The van der Waals surface area contributed by atoms with Crippen molar-refractivity contribution in [2.45, 2.75) is 32.2 Å². The average Bonchev–Trinajstić information content (AvgIpc) is 2.55. The van der Waals surface area contributed by atoms with Crippen LogP contribution in [0.4, 0.5) is 0 Å². The van der Waals surface area contributed by atoms with Crippen LogP contribution in [0.25, 0.3) is 0 Å². The Morgan fingerprint density at radius 1 is 1.75 bits per heavy atom. The van der Waals surface area contributed by atoms with E-state index in [1.165, 1.54) is 19.3 Å². The molecule has 0 amide bonds. The van der Waals surface area contributed by atoms with Gasteiger partial charge in [0.05, 0.1) is 0 Å². The summed E-state index contributed by atoms with van der Waals surface area (Å²) >= 11 is 0. The van der Waals surface area contributed by atoms with Gasteiger partial charge in [-0.25, -0.2) is 5.84 Å². The van der Waals surface area contributed by atoms with Crippen LogP contribution in [0, 0.1) is 0 Å². The van der Waals surface area contributed by atoms with Gasteiger partial charge in [0.2, 0.25) is 5.96 Å². The summed E-state index contributed by atoms with van der Waals surface area (Å²) in [5.41, 5.74) is 2.63. The molecule has 0 saturated carbocycles. The standard InChI is InChI=1S/C8H18N4/c1-3-7-5-4-6-12(7)8(10-2)11-9/h7H,3-6,9H2,1-2H3,(H,10,11). The van der Waals surface area contributed by atoms with E-state index in [0.717, 1.165) is 12.5 Å². The predicted octanol–water partition coefficient (Wildman–Crippen LogP) is 0.310. The molecule has 1 aliphatic rings. The van der Waals surface area contributed by atoms with Gasteiger partial charge >= 0.3 is 0 Å². The summed E-state index contributed by atoms with van der Waals surface area (Å²) in [6, 6.07) is 0.625. The summed E-state index contributed by atoms with van der Waals surface area (Å²) < 4.78 is 0. The lowest BCUT2D eigenvalue weighted by atomic mass is 10.2. The van der Waals surface area contributed by atoms with E-state index in [-0.39, 0.29) is 0 Å². The molecular formula is C8H18N4. The summed E-state index contributed by atoms with van der Waals surface area (Å²) in [6.45, 7) is 3.28. The van der Waals surface area contributed by atoms with Gasteiger partial charge < -0.3 is 4.90 Å². The number of hydrogen-bond donors (Lipinski definition) is 2. The van der Waals surface area contributed by atoms with Crippen molar-refractivity contribution in [3.63, 3.8) is 0 Å². The lowest BCUT2D eigenvalue weighted by Gasteiger charge is -2.25. The van der Waals surface area contributed by atoms with E-state index in [1.807, 2.05) is 0 Å².